The van der Waals surface area contributed by atoms with E-state index >= 15 is 0 Å². The summed E-state index contributed by atoms with van der Waals surface area (Å²) in [4.78, 5) is 0.246. The molecular weight excluding hydrogens is 350 g/mol. The molecule has 0 spiro atoms. The van der Waals surface area contributed by atoms with Crippen LogP contribution < -0.4 is 4.72 Å². The van der Waals surface area contributed by atoms with Crippen LogP contribution in [-0.4, -0.2) is 20.3 Å². The Morgan fingerprint density at radius 3 is 2.26 bits per heavy atom. The van der Waals surface area contributed by atoms with Gasteiger partial charge in [0.25, 0.3) is 0 Å². The topological polar surface area (TPSA) is 46.2 Å². The third-order valence-corrected chi connectivity index (χ3v) is 4.73. The Bertz CT molecular complexity index is 508. The molecule has 1 unspecified atom stereocenters. The minimum atomic E-state index is -3.48. The molecule has 1 aromatic carbocycles. The zero-order valence-corrected chi connectivity index (χ0v) is 14.4. The molecule has 0 heterocycles. The summed E-state index contributed by atoms with van der Waals surface area (Å²) in [6.45, 7) is 6.46. The second-order valence-corrected chi connectivity index (χ2v) is 8.97. The predicted molar refractivity (Wildman–Crippen MR) is 83.0 cm³/mol. The van der Waals surface area contributed by atoms with Gasteiger partial charge in [-0.25, -0.2) is 13.1 Å². The van der Waals surface area contributed by atoms with E-state index in [1.165, 1.54) is 0 Å². The minimum Gasteiger partial charge on any atom is -0.210 e. The maximum absolute atomic E-state index is 12.0. The summed E-state index contributed by atoms with van der Waals surface area (Å²) < 4.78 is 27.4. The van der Waals surface area contributed by atoms with Crippen LogP contribution in [0.25, 0.3) is 0 Å². The SMILES string of the molecule is CC(C)(C)CC(Cl)CNS(=O)(=O)c1ccc(Br)cc1. The Hall–Kier alpha value is -0.100. The Morgan fingerprint density at radius 1 is 1.26 bits per heavy atom. The van der Waals surface area contributed by atoms with Crippen molar-refractivity contribution in [2.45, 2.75) is 37.5 Å². The van der Waals surface area contributed by atoms with E-state index < -0.39 is 10.0 Å². The van der Waals surface area contributed by atoms with Gasteiger partial charge in [-0.1, -0.05) is 36.7 Å². The maximum atomic E-state index is 12.0. The predicted octanol–water partition coefficient (Wildman–Crippen LogP) is 3.77. The summed E-state index contributed by atoms with van der Waals surface area (Å²) in [7, 11) is -3.48. The van der Waals surface area contributed by atoms with Crippen molar-refractivity contribution in [2.24, 2.45) is 5.41 Å². The number of hydrogen-bond donors (Lipinski definition) is 1. The van der Waals surface area contributed by atoms with Crippen LogP contribution in [0.4, 0.5) is 0 Å². The highest BCUT2D eigenvalue weighted by Gasteiger charge is 2.20. The smallest absolute Gasteiger partial charge is 0.210 e. The first-order valence-corrected chi connectivity index (χ1v) is 8.71. The molecule has 108 valence electrons. The molecule has 0 fully saturated rings. The lowest BCUT2D eigenvalue weighted by Gasteiger charge is -2.21. The molecule has 0 aliphatic carbocycles. The van der Waals surface area contributed by atoms with Crippen molar-refractivity contribution < 1.29 is 8.42 Å². The molecule has 3 nitrogen and oxygen atoms in total. The number of nitrogens with one attached hydrogen (secondary N) is 1. The van der Waals surface area contributed by atoms with Crippen LogP contribution in [0.5, 0.6) is 0 Å². The molecule has 0 saturated carbocycles. The van der Waals surface area contributed by atoms with Gasteiger partial charge in [-0.05, 0) is 36.1 Å². The Kier molecular flexibility index (Phi) is 5.86. The second kappa shape index (κ2) is 6.57. The third kappa shape index (κ3) is 6.25. The minimum absolute atomic E-state index is 0.0788. The van der Waals surface area contributed by atoms with Crippen molar-refractivity contribution in [2.75, 3.05) is 6.54 Å². The van der Waals surface area contributed by atoms with Crippen LogP contribution >= 0.6 is 27.5 Å². The number of alkyl halides is 1. The molecular formula is C13H19BrClNO2S. The van der Waals surface area contributed by atoms with Gasteiger partial charge >= 0.3 is 0 Å². The van der Waals surface area contributed by atoms with E-state index in [2.05, 4.69) is 41.4 Å². The zero-order chi connectivity index (χ0) is 14.7. The van der Waals surface area contributed by atoms with E-state index in [1.807, 2.05) is 0 Å². The number of hydrogen-bond acceptors (Lipinski definition) is 2. The van der Waals surface area contributed by atoms with Crippen LogP contribution in [-0.2, 0) is 10.0 Å². The fourth-order valence-corrected chi connectivity index (χ4v) is 3.61. The summed E-state index contributed by atoms with van der Waals surface area (Å²) in [5.41, 5.74) is 0.0788. The first-order valence-electron chi connectivity index (χ1n) is 5.99. The first kappa shape index (κ1) is 17.0. The van der Waals surface area contributed by atoms with Gasteiger partial charge in [0, 0.05) is 16.4 Å². The zero-order valence-electron chi connectivity index (χ0n) is 11.3. The van der Waals surface area contributed by atoms with Crippen molar-refractivity contribution >= 4 is 37.6 Å². The van der Waals surface area contributed by atoms with Gasteiger partial charge in [0.2, 0.25) is 10.0 Å². The highest BCUT2D eigenvalue weighted by Crippen LogP contribution is 2.23. The Morgan fingerprint density at radius 2 is 1.79 bits per heavy atom. The molecule has 0 bridgehead atoms. The fourth-order valence-electron chi connectivity index (χ4n) is 1.63. The third-order valence-electron chi connectivity index (χ3n) is 2.45. The van der Waals surface area contributed by atoms with Crippen LogP contribution in [0, 0.1) is 5.41 Å². The van der Waals surface area contributed by atoms with Gasteiger partial charge in [0.15, 0.2) is 0 Å². The lowest BCUT2D eigenvalue weighted by atomic mass is 9.90. The highest BCUT2D eigenvalue weighted by atomic mass is 79.9. The van der Waals surface area contributed by atoms with Crippen molar-refractivity contribution in [3.63, 3.8) is 0 Å². The molecule has 1 rings (SSSR count). The van der Waals surface area contributed by atoms with Gasteiger partial charge < -0.3 is 0 Å². The highest BCUT2D eigenvalue weighted by molar-refractivity contribution is 9.10. The molecule has 6 heteroatoms. The van der Waals surface area contributed by atoms with Crippen molar-refractivity contribution in [3.05, 3.63) is 28.7 Å². The Labute approximate surface area is 128 Å². The lowest BCUT2D eigenvalue weighted by Crippen LogP contribution is -2.31. The summed E-state index contributed by atoms with van der Waals surface area (Å²) in [5.74, 6) is 0. The summed E-state index contributed by atoms with van der Waals surface area (Å²) in [6.07, 6.45) is 0.747. The molecule has 0 radical (unpaired) electrons. The molecule has 1 N–H and O–H groups in total. The van der Waals surface area contributed by atoms with E-state index in [1.54, 1.807) is 24.3 Å². The monoisotopic (exact) mass is 367 g/mol. The normalized spacial score (nSPS) is 14.4. The quantitative estimate of drug-likeness (QED) is 0.804. The van der Waals surface area contributed by atoms with Crippen LogP contribution in [0.15, 0.2) is 33.6 Å². The number of rotatable bonds is 5. The van der Waals surface area contributed by atoms with E-state index in [4.69, 9.17) is 11.6 Å². The van der Waals surface area contributed by atoms with E-state index in [0.29, 0.717) is 0 Å². The average molecular weight is 369 g/mol. The van der Waals surface area contributed by atoms with E-state index in [0.717, 1.165) is 10.9 Å². The first-order chi connectivity index (χ1) is 8.60. The van der Waals surface area contributed by atoms with E-state index in [9.17, 15) is 8.42 Å². The fraction of sp³-hybridized carbons (Fsp3) is 0.538. The molecule has 0 aromatic heterocycles. The molecule has 0 aliphatic rings. The molecule has 0 saturated heterocycles. The number of benzene rings is 1. The summed E-state index contributed by atoms with van der Waals surface area (Å²) in [6, 6.07) is 6.50. The van der Waals surface area contributed by atoms with Gasteiger partial charge in [-0.15, -0.1) is 11.6 Å². The van der Waals surface area contributed by atoms with Crippen LogP contribution in [0.2, 0.25) is 0 Å². The van der Waals surface area contributed by atoms with E-state index in [-0.39, 0.29) is 22.2 Å². The molecule has 19 heavy (non-hydrogen) atoms. The molecule has 1 atom stereocenters. The standard InChI is InChI=1S/C13H19BrClNO2S/c1-13(2,3)8-11(15)9-16-19(17,18)12-6-4-10(14)5-7-12/h4-7,11,16H,8-9H2,1-3H3. The second-order valence-electron chi connectivity index (χ2n) is 5.67. The average Bonchev–Trinajstić information content (AvgIpc) is 2.25. The molecule has 0 amide bonds. The van der Waals surface area contributed by atoms with Gasteiger partial charge in [-0.3, -0.25) is 0 Å². The number of halogens is 2. The van der Waals surface area contributed by atoms with Crippen LogP contribution in [0.3, 0.4) is 0 Å². The molecule has 1 aromatic rings. The summed E-state index contributed by atoms with van der Waals surface area (Å²) in [5, 5.41) is -0.217. The van der Waals surface area contributed by atoms with Gasteiger partial charge in [-0.2, -0.15) is 0 Å². The lowest BCUT2D eigenvalue weighted by molar-refractivity contribution is 0.369. The molecule has 0 aliphatic heterocycles. The van der Waals surface area contributed by atoms with Crippen molar-refractivity contribution in [1.29, 1.82) is 0 Å². The van der Waals surface area contributed by atoms with Crippen molar-refractivity contribution in [3.8, 4) is 0 Å². The summed E-state index contributed by atoms with van der Waals surface area (Å²) >= 11 is 9.42. The number of sulfonamides is 1. The van der Waals surface area contributed by atoms with Gasteiger partial charge in [0.05, 0.1) is 4.90 Å². The maximum Gasteiger partial charge on any atom is 0.240 e. The Balaban J connectivity index is 2.63. The largest absolute Gasteiger partial charge is 0.240 e. The van der Waals surface area contributed by atoms with Crippen molar-refractivity contribution in [1.82, 2.24) is 4.72 Å². The van der Waals surface area contributed by atoms with Crippen LogP contribution in [0.1, 0.15) is 27.2 Å². The van der Waals surface area contributed by atoms with Gasteiger partial charge in [0.1, 0.15) is 0 Å².